The molecule has 0 radical (unpaired) electrons. The van der Waals surface area contributed by atoms with Gasteiger partial charge in [-0.2, -0.15) is 13.2 Å². The first kappa shape index (κ1) is 15.4. The zero-order valence-corrected chi connectivity index (χ0v) is 11.4. The summed E-state index contributed by atoms with van der Waals surface area (Å²) in [5.74, 6) is 0.133. The van der Waals surface area contributed by atoms with E-state index in [0.717, 1.165) is 0 Å². The molecule has 0 bridgehead atoms. The number of nitrogens with zero attached hydrogens (tertiary/aromatic N) is 1. The molecule has 18 heavy (non-hydrogen) atoms. The van der Waals surface area contributed by atoms with Crippen molar-refractivity contribution in [3.63, 3.8) is 0 Å². The maximum atomic E-state index is 12.6. The van der Waals surface area contributed by atoms with E-state index in [-0.39, 0.29) is 12.4 Å². The molecule has 102 valence electrons. The molecule has 0 saturated heterocycles. The molecule has 0 unspecified atom stereocenters. The molecule has 0 amide bonds. The van der Waals surface area contributed by atoms with Gasteiger partial charge < -0.3 is 4.90 Å². The second-order valence-corrected chi connectivity index (χ2v) is 4.59. The fourth-order valence-electron chi connectivity index (χ4n) is 1.78. The summed E-state index contributed by atoms with van der Waals surface area (Å²) < 4.78 is 37.7. The monoisotopic (exact) mass is 299 g/mol. The van der Waals surface area contributed by atoms with E-state index in [9.17, 15) is 13.2 Å². The van der Waals surface area contributed by atoms with Gasteiger partial charge in [-0.05, 0) is 18.1 Å². The Morgan fingerprint density at radius 3 is 2.44 bits per heavy atom. The first-order valence-electron chi connectivity index (χ1n) is 5.54. The van der Waals surface area contributed by atoms with Gasteiger partial charge in [0.25, 0.3) is 0 Å². The van der Waals surface area contributed by atoms with E-state index in [0.29, 0.717) is 22.7 Å². The van der Waals surface area contributed by atoms with Crippen molar-refractivity contribution in [2.75, 3.05) is 18.0 Å². The third kappa shape index (κ3) is 4.25. The van der Waals surface area contributed by atoms with Gasteiger partial charge >= 0.3 is 6.18 Å². The summed E-state index contributed by atoms with van der Waals surface area (Å²) in [6, 6.07) is 4.94. The molecule has 0 saturated carbocycles. The van der Waals surface area contributed by atoms with Crippen LogP contribution in [-0.2, 0) is 5.88 Å². The van der Waals surface area contributed by atoms with Crippen LogP contribution in [0.2, 0.25) is 5.02 Å². The lowest BCUT2D eigenvalue weighted by Gasteiger charge is -2.28. The first-order valence-corrected chi connectivity index (χ1v) is 6.45. The SMILES string of the molecule is CCCN(CC(F)(F)F)c1c(Cl)cccc1CCl. The minimum atomic E-state index is -4.27. The summed E-state index contributed by atoms with van der Waals surface area (Å²) in [5, 5.41) is 0.297. The number of hydrogen-bond donors (Lipinski definition) is 0. The van der Waals surface area contributed by atoms with Crippen molar-refractivity contribution in [1.82, 2.24) is 0 Å². The highest BCUT2D eigenvalue weighted by Gasteiger charge is 2.31. The van der Waals surface area contributed by atoms with Crippen molar-refractivity contribution in [3.8, 4) is 0 Å². The van der Waals surface area contributed by atoms with Gasteiger partial charge in [-0.1, -0.05) is 30.7 Å². The summed E-state index contributed by atoms with van der Waals surface area (Å²) in [6.07, 6.45) is -3.67. The zero-order valence-electron chi connectivity index (χ0n) is 9.90. The molecule has 0 aliphatic carbocycles. The smallest absolute Gasteiger partial charge is 0.361 e. The standard InChI is InChI=1S/C12H14Cl2F3N/c1-2-6-18(8-12(15,16)17)11-9(7-13)4-3-5-10(11)14/h3-5H,2,6-8H2,1H3. The molecule has 0 aliphatic heterocycles. The molecule has 0 atom stereocenters. The fraction of sp³-hybridized carbons (Fsp3) is 0.500. The highest BCUT2D eigenvalue weighted by Crippen LogP contribution is 2.33. The highest BCUT2D eigenvalue weighted by atomic mass is 35.5. The Balaban J connectivity index is 3.12. The van der Waals surface area contributed by atoms with Gasteiger partial charge in [0.05, 0.1) is 10.7 Å². The van der Waals surface area contributed by atoms with Crippen LogP contribution < -0.4 is 4.90 Å². The van der Waals surface area contributed by atoms with Crippen LogP contribution in [0.1, 0.15) is 18.9 Å². The first-order chi connectivity index (χ1) is 8.39. The van der Waals surface area contributed by atoms with Crippen LogP contribution in [0.4, 0.5) is 18.9 Å². The highest BCUT2D eigenvalue weighted by molar-refractivity contribution is 6.33. The van der Waals surface area contributed by atoms with E-state index in [4.69, 9.17) is 23.2 Å². The fourth-order valence-corrected chi connectivity index (χ4v) is 2.31. The normalized spacial score (nSPS) is 11.7. The summed E-state index contributed by atoms with van der Waals surface area (Å²) in [7, 11) is 0. The molecule has 0 fully saturated rings. The number of hydrogen-bond acceptors (Lipinski definition) is 1. The van der Waals surface area contributed by atoms with Gasteiger partial charge in [0.15, 0.2) is 0 Å². The third-order valence-electron chi connectivity index (χ3n) is 2.39. The van der Waals surface area contributed by atoms with Crippen molar-refractivity contribution in [2.24, 2.45) is 0 Å². The predicted octanol–water partition coefficient (Wildman–Crippen LogP) is 4.86. The Morgan fingerprint density at radius 2 is 1.94 bits per heavy atom. The van der Waals surface area contributed by atoms with Gasteiger partial charge in [0.2, 0.25) is 0 Å². The molecule has 0 aromatic heterocycles. The van der Waals surface area contributed by atoms with Gasteiger partial charge in [0.1, 0.15) is 6.54 Å². The minimum Gasteiger partial charge on any atom is -0.361 e. The second kappa shape index (κ2) is 6.53. The quantitative estimate of drug-likeness (QED) is 0.702. The largest absolute Gasteiger partial charge is 0.405 e. The summed E-state index contributed by atoms with van der Waals surface area (Å²) in [4.78, 5) is 1.24. The van der Waals surface area contributed by atoms with E-state index in [2.05, 4.69) is 0 Å². The van der Waals surface area contributed by atoms with Crippen LogP contribution in [0.3, 0.4) is 0 Å². The number of para-hydroxylation sites is 1. The van der Waals surface area contributed by atoms with Crippen LogP contribution in [0.25, 0.3) is 0 Å². The van der Waals surface area contributed by atoms with Gasteiger partial charge in [-0.25, -0.2) is 0 Å². The van der Waals surface area contributed by atoms with E-state index >= 15 is 0 Å². The molecular formula is C12H14Cl2F3N. The lowest BCUT2D eigenvalue weighted by molar-refractivity contribution is -0.119. The molecule has 1 nitrogen and oxygen atoms in total. The van der Waals surface area contributed by atoms with Crippen molar-refractivity contribution < 1.29 is 13.2 Å². The molecule has 0 N–H and O–H groups in total. The molecule has 1 rings (SSSR count). The molecule has 0 spiro atoms. The van der Waals surface area contributed by atoms with E-state index in [1.54, 1.807) is 18.2 Å². The van der Waals surface area contributed by atoms with Crippen LogP contribution in [-0.4, -0.2) is 19.3 Å². The Bertz CT molecular complexity index is 393. The number of anilines is 1. The Hall–Kier alpha value is -0.610. The van der Waals surface area contributed by atoms with E-state index < -0.39 is 12.7 Å². The van der Waals surface area contributed by atoms with Crippen LogP contribution in [0, 0.1) is 0 Å². The maximum absolute atomic E-state index is 12.6. The number of halogens is 5. The van der Waals surface area contributed by atoms with Crippen molar-refractivity contribution >= 4 is 28.9 Å². The number of benzene rings is 1. The summed E-state index contributed by atoms with van der Waals surface area (Å²) in [5.41, 5.74) is 0.996. The molecule has 1 aromatic carbocycles. The van der Waals surface area contributed by atoms with Gasteiger partial charge in [-0.15, -0.1) is 11.6 Å². The Kier molecular flexibility index (Phi) is 5.60. The van der Waals surface area contributed by atoms with Gasteiger partial charge in [-0.3, -0.25) is 0 Å². The van der Waals surface area contributed by atoms with Crippen LogP contribution >= 0.6 is 23.2 Å². The summed E-state index contributed by atoms with van der Waals surface area (Å²) >= 11 is 11.8. The average molecular weight is 300 g/mol. The minimum absolute atomic E-state index is 0.133. The molecular weight excluding hydrogens is 286 g/mol. The van der Waals surface area contributed by atoms with E-state index in [1.807, 2.05) is 6.92 Å². The molecule has 0 heterocycles. The Labute approximate surface area is 114 Å². The van der Waals surface area contributed by atoms with Gasteiger partial charge in [0, 0.05) is 12.4 Å². The number of rotatable bonds is 5. The molecule has 0 aliphatic rings. The summed E-state index contributed by atoms with van der Waals surface area (Å²) in [6.45, 7) is 1.09. The Morgan fingerprint density at radius 1 is 1.28 bits per heavy atom. The van der Waals surface area contributed by atoms with Crippen LogP contribution in [0.5, 0.6) is 0 Å². The van der Waals surface area contributed by atoms with E-state index in [1.165, 1.54) is 4.90 Å². The lowest BCUT2D eigenvalue weighted by Crippen LogP contribution is -2.35. The van der Waals surface area contributed by atoms with Crippen LogP contribution in [0.15, 0.2) is 18.2 Å². The average Bonchev–Trinajstić information content (AvgIpc) is 2.26. The lowest BCUT2D eigenvalue weighted by atomic mass is 10.1. The van der Waals surface area contributed by atoms with Crippen molar-refractivity contribution in [1.29, 1.82) is 0 Å². The maximum Gasteiger partial charge on any atom is 0.405 e. The number of alkyl halides is 4. The van der Waals surface area contributed by atoms with Crippen molar-refractivity contribution in [3.05, 3.63) is 28.8 Å². The van der Waals surface area contributed by atoms with Crippen molar-refractivity contribution in [2.45, 2.75) is 25.4 Å². The second-order valence-electron chi connectivity index (χ2n) is 3.92. The predicted molar refractivity (Wildman–Crippen MR) is 69.6 cm³/mol. The third-order valence-corrected chi connectivity index (χ3v) is 2.99. The molecule has 6 heteroatoms. The zero-order chi connectivity index (χ0) is 13.8. The molecule has 1 aromatic rings. The topological polar surface area (TPSA) is 3.24 Å².